The summed E-state index contributed by atoms with van der Waals surface area (Å²) < 4.78 is 33.0. The molecule has 2 aromatic rings. The summed E-state index contributed by atoms with van der Waals surface area (Å²) in [6.07, 6.45) is 1.58. The number of methoxy groups -OCH3 is 1. The maximum absolute atomic E-state index is 12.7. The van der Waals surface area contributed by atoms with Gasteiger partial charge in [-0.05, 0) is 55.3 Å². The molecule has 0 aliphatic heterocycles. The normalized spacial score (nSPS) is 11.3. The number of sulfonamides is 1. The van der Waals surface area contributed by atoms with Gasteiger partial charge in [-0.15, -0.1) is 0 Å². The molecule has 0 saturated carbocycles. The monoisotopic (exact) mass is 410 g/mol. The van der Waals surface area contributed by atoms with Crippen molar-refractivity contribution in [2.75, 3.05) is 11.8 Å². The zero-order chi connectivity index (χ0) is 20.0. The molecule has 0 atom stereocenters. The van der Waals surface area contributed by atoms with Crippen molar-refractivity contribution in [3.05, 3.63) is 53.1 Å². The Bertz CT molecular complexity index is 894. The highest BCUT2D eigenvalue weighted by Crippen LogP contribution is 2.26. The maximum Gasteiger partial charge on any atom is 0.263 e. The molecular formula is C19H23ClN2O4S. The largest absolute Gasteiger partial charge is 0.497 e. The zero-order valence-electron chi connectivity index (χ0n) is 15.5. The molecule has 0 spiro atoms. The van der Waals surface area contributed by atoms with Gasteiger partial charge in [-0.3, -0.25) is 9.52 Å². The molecule has 0 bridgehead atoms. The second-order valence-corrected chi connectivity index (χ2v) is 8.02. The van der Waals surface area contributed by atoms with Gasteiger partial charge >= 0.3 is 0 Å². The Balaban J connectivity index is 2.28. The summed E-state index contributed by atoms with van der Waals surface area (Å²) in [5, 5.41) is 2.92. The number of ether oxygens (including phenoxy) is 1. The van der Waals surface area contributed by atoms with Crippen LogP contribution in [0.2, 0.25) is 5.02 Å². The number of amides is 1. The van der Waals surface area contributed by atoms with Crippen LogP contribution in [0.5, 0.6) is 5.75 Å². The van der Waals surface area contributed by atoms with Crippen LogP contribution in [0.15, 0.2) is 47.4 Å². The van der Waals surface area contributed by atoms with E-state index < -0.39 is 10.0 Å². The zero-order valence-corrected chi connectivity index (χ0v) is 17.0. The van der Waals surface area contributed by atoms with Gasteiger partial charge in [-0.1, -0.05) is 25.4 Å². The standard InChI is InChI=1S/C19H23ClN2O4S/c1-4-14(5-2)21-19(23)13-6-11-17(20)18(12-13)27(24,25)22-15-7-9-16(26-3)10-8-15/h6-12,14,22H,4-5H2,1-3H3,(H,21,23). The highest BCUT2D eigenvalue weighted by Gasteiger charge is 2.21. The third kappa shape index (κ3) is 5.37. The van der Waals surface area contributed by atoms with E-state index in [-0.39, 0.29) is 27.4 Å². The van der Waals surface area contributed by atoms with Crippen molar-refractivity contribution in [1.29, 1.82) is 0 Å². The number of hydrogen-bond donors (Lipinski definition) is 2. The van der Waals surface area contributed by atoms with Gasteiger partial charge in [-0.25, -0.2) is 8.42 Å². The highest BCUT2D eigenvalue weighted by molar-refractivity contribution is 7.92. The van der Waals surface area contributed by atoms with Crippen molar-refractivity contribution in [2.45, 2.75) is 37.6 Å². The molecule has 0 unspecified atom stereocenters. The fourth-order valence-electron chi connectivity index (χ4n) is 2.48. The molecule has 2 N–H and O–H groups in total. The smallest absolute Gasteiger partial charge is 0.263 e. The van der Waals surface area contributed by atoms with Crippen molar-refractivity contribution in [1.82, 2.24) is 5.32 Å². The van der Waals surface area contributed by atoms with Crippen molar-refractivity contribution in [3.8, 4) is 5.75 Å². The van der Waals surface area contributed by atoms with E-state index in [0.717, 1.165) is 12.8 Å². The average molecular weight is 411 g/mol. The molecule has 0 aliphatic rings. The Labute approximate surface area is 164 Å². The molecule has 0 radical (unpaired) electrons. The lowest BCUT2D eigenvalue weighted by molar-refractivity contribution is 0.0934. The summed E-state index contributed by atoms with van der Waals surface area (Å²) in [5.74, 6) is 0.275. The topological polar surface area (TPSA) is 84.5 Å². The molecule has 0 aromatic heterocycles. The second kappa shape index (κ2) is 9.10. The average Bonchev–Trinajstić information content (AvgIpc) is 2.66. The molecule has 0 heterocycles. The first-order valence-electron chi connectivity index (χ1n) is 8.58. The van der Waals surface area contributed by atoms with E-state index in [1.165, 1.54) is 25.3 Å². The molecular weight excluding hydrogens is 388 g/mol. The molecule has 27 heavy (non-hydrogen) atoms. The van der Waals surface area contributed by atoms with Gasteiger partial charge in [-0.2, -0.15) is 0 Å². The van der Waals surface area contributed by atoms with E-state index in [2.05, 4.69) is 10.0 Å². The van der Waals surface area contributed by atoms with Crippen LogP contribution < -0.4 is 14.8 Å². The molecule has 0 aliphatic carbocycles. The Morgan fingerprint density at radius 1 is 1.11 bits per heavy atom. The van der Waals surface area contributed by atoms with Gasteiger partial charge in [0.25, 0.3) is 15.9 Å². The number of rotatable bonds is 8. The molecule has 2 aromatic carbocycles. The van der Waals surface area contributed by atoms with Gasteiger partial charge in [0.1, 0.15) is 10.6 Å². The van der Waals surface area contributed by atoms with E-state index in [4.69, 9.17) is 16.3 Å². The van der Waals surface area contributed by atoms with Crippen molar-refractivity contribution in [2.24, 2.45) is 0 Å². The Morgan fingerprint density at radius 3 is 2.30 bits per heavy atom. The fourth-order valence-corrected chi connectivity index (χ4v) is 4.07. The van der Waals surface area contributed by atoms with Crippen LogP contribution in [0.25, 0.3) is 0 Å². The van der Waals surface area contributed by atoms with Gasteiger partial charge in [0.05, 0.1) is 12.1 Å². The summed E-state index contributed by atoms with van der Waals surface area (Å²) in [6.45, 7) is 3.95. The summed E-state index contributed by atoms with van der Waals surface area (Å²) in [7, 11) is -2.44. The van der Waals surface area contributed by atoms with Gasteiger partial charge < -0.3 is 10.1 Å². The summed E-state index contributed by atoms with van der Waals surface area (Å²) in [6, 6.07) is 10.7. The van der Waals surface area contributed by atoms with E-state index >= 15 is 0 Å². The van der Waals surface area contributed by atoms with Crippen LogP contribution in [0.4, 0.5) is 5.69 Å². The van der Waals surface area contributed by atoms with Crippen LogP contribution in [-0.4, -0.2) is 27.5 Å². The third-order valence-electron chi connectivity index (χ3n) is 4.15. The minimum Gasteiger partial charge on any atom is -0.497 e. The second-order valence-electron chi connectivity index (χ2n) is 5.97. The van der Waals surface area contributed by atoms with Crippen molar-refractivity contribution >= 4 is 33.2 Å². The summed E-state index contributed by atoms with van der Waals surface area (Å²) in [4.78, 5) is 12.3. The van der Waals surface area contributed by atoms with Crippen LogP contribution in [-0.2, 0) is 10.0 Å². The van der Waals surface area contributed by atoms with E-state index in [1.54, 1.807) is 24.3 Å². The predicted octanol–water partition coefficient (Wildman–Crippen LogP) is 4.07. The summed E-state index contributed by atoms with van der Waals surface area (Å²) >= 11 is 6.09. The highest BCUT2D eigenvalue weighted by atomic mass is 35.5. The number of benzene rings is 2. The molecule has 8 heteroatoms. The van der Waals surface area contributed by atoms with E-state index in [9.17, 15) is 13.2 Å². The number of carbonyl (C=O) groups is 1. The number of hydrogen-bond acceptors (Lipinski definition) is 4. The first-order valence-corrected chi connectivity index (χ1v) is 10.4. The lowest BCUT2D eigenvalue weighted by Crippen LogP contribution is -2.33. The van der Waals surface area contributed by atoms with E-state index in [1.807, 2.05) is 13.8 Å². The van der Waals surface area contributed by atoms with Crippen LogP contribution in [0.1, 0.15) is 37.0 Å². The Hall–Kier alpha value is -2.25. The first kappa shape index (κ1) is 21.1. The van der Waals surface area contributed by atoms with E-state index in [0.29, 0.717) is 11.4 Å². The SMILES string of the molecule is CCC(CC)NC(=O)c1ccc(Cl)c(S(=O)(=O)Nc2ccc(OC)cc2)c1. The van der Waals surface area contributed by atoms with Gasteiger partial charge in [0.2, 0.25) is 0 Å². The minimum atomic E-state index is -3.96. The van der Waals surface area contributed by atoms with Crippen molar-refractivity contribution in [3.63, 3.8) is 0 Å². The Kier molecular flexibility index (Phi) is 7.10. The fraction of sp³-hybridized carbons (Fsp3) is 0.316. The third-order valence-corrected chi connectivity index (χ3v) is 6.01. The number of nitrogens with one attached hydrogen (secondary N) is 2. The Morgan fingerprint density at radius 2 is 1.74 bits per heavy atom. The quantitative estimate of drug-likeness (QED) is 0.687. The van der Waals surface area contributed by atoms with Gasteiger partial charge in [0, 0.05) is 17.3 Å². The molecule has 0 fully saturated rings. The molecule has 1 amide bonds. The number of anilines is 1. The molecule has 6 nitrogen and oxygen atoms in total. The molecule has 0 saturated heterocycles. The van der Waals surface area contributed by atoms with Crippen molar-refractivity contribution < 1.29 is 17.9 Å². The number of carbonyl (C=O) groups excluding carboxylic acids is 1. The van der Waals surface area contributed by atoms with Gasteiger partial charge in [0.15, 0.2) is 0 Å². The maximum atomic E-state index is 12.7. The molecule has 2 rings (SSSR count). The van der Waals surface area contributed by atoms with Crippen LogP contribution >= 0.6 is 11.6 Å². The predicted molar refractivity (Wildman–Crippen MR) is 107 cm³/mol. The first-order chi connectivity index (χ1) is 12.8. The minimum absolute atomic E-state index is 0.0330. The van der Waals surface area contributed by atoms with Crippen LogP contribution in [0, 0.1) is 0 Å². The van der Waals surface area contributed by atoms with Crippen LogP contribution in [0.3, 0.4) is 0 Å². The molecule has 146 valence electrons. The lowest BCUT2D eigenvalue weighted by Gasteiger charge is -2.16. The summed E-state index contributed by atoms with van der Waals surface area (Å²) in [5.41, 5.74) is 0.597. The number of halogens is 1. The lowest BCUT2D eigenvalue weighted by atomic mass is 10.1.